The van der Waals surface area contributed by atoms with E-state index in [0.717, 1.165) is 30.4 Å². The number of hydrogen-bond acceptors (Lipinski definition) is 4. The van der Waals surface area contributed by atoms with Gasteiger partial charge in [0.1, 0.15) is 0 Å². The number of ether oxygens (including phenoxy) is 1. The highest BCUT2D eigenvalue weighted by molar-refractivity contribution is 5.89. The number of nitrogens with zero attached hydrogens (tertiary/aromatic N) is 2. The van der Waals surface area contributed by atoms with Gasteiger partial charge in [-0.05, 0) is 74.8 Å². The maximum absolute atomic E-state index is 13.1. The van der Waals surface area contributed by atoms with E-state index in [1.807, 2.05) is 36.1 Å². The van der Waals surface area contributed by atoms with Gasteiger partial charge < -0.3 is 9.64 Å². The summed E-state index contributed by atoms with van der Waals surface area (Å²) in [4.78, 5) is 27.1. The topological polar surface area (TPSA) is 70.4 Å². The minimum atomic E-state index is -0.519. The van der Waals surface area contributed by atoms with Gasteiger partial charge in [0, 0.05) is 18.2 Å². The number of amides is 1. The van der Waals surface area contributed by atoms with E-state index in [2.05, 4.69) is 6.07 Å². The fourth-order valence-corrected chi connectivity index (χ4v) is 6.28. The van der Waals surface area contributed by atoms with Gasteiger partial charge in [-0.2, -0.15) is 5.26 Å². The van der Waals surface area contributed by atoms with E-state index in [9.17, 15) is 9.59 Å². The predicted octanol–water partition coefficient (Wildman–Crippen LogP) is 4.26. The number of carbonyl (C=O) groups excluding carboxylic acids is 2. The number of hydrogen-bond donors (Lipinski definition) is 0. The molecule has 1 amide bonds. The molecule has 30 heavy (non-hydrogen) atoms. The molecule has 4 bridgehead atoms. The first-order valence-electron chi connectivity index (χ1n) is 11.1. The van der Waals surface area contributed by atoms with Gasteiger partial charge >= 0.3 is 5.97 Å². The Morgan fingerprint density at radius 2 is 1.73 bits per heavy atom. The molecule has 0 atom stereocenters. The third-order valence-corrected chi connectivity index (χ3v) is 7.15. The van der Waals surface area contributed by atoms with E-state index in [1.54, 1.807) is 6.08 Å². The van der Waals surface area contributed by atoms with E-state index in [1.165, 1.54) is 25.3 Å². The summed E-state index contributed by atoms with van der Waals surface area (Å²) >= 11 is 0. The third-order valence-electron chi connectivity index (χ3n) is 7.15. The first-order valence-corrected chi connectivity index (χ1v) is 11.1. The van der Waals surface area contributed by atoms with E-state index < -0.39 is 5.97 Å². The standard InChI is InChI=1S/C25H30N2O3/c1-18-3-5-19(6-4-18)7-8-24(29)30-17-23(28)27(10-2-9-26)25-14-20-11-21(15-25)13-22(12-20)16-25/h3-8,20-22H,2,10-17H2,1H3/b8-7+. The molecule has 0 saturated heterocycles. The number of nitriles is 1. The second-order valence-corrected chi connectivity index (χ2v) is 9.45. The van der Waals surface area contributed by atoms with E-state index >= 15 is 0 Å². The molecule has 0 N–H and O–H groups in total. The summed E-state index contributed by atoms with van der Waals surface area (Å²) < 4.78 is 5.27. The maximum Gasteiger partial charge on any atom is 0.331 e. The molecular weight excluding hydrogens is 376 g/mol. The molecule has 4 fully saturated rings. The van der Waals surface area contributed by atoms with Crippen molar-refractivity contribution in [3.05, 3.63) is 41.5 Å². The van der Waals surface area contributed by atoms with Gasteiger partial charge in [0.2, 0.25) is 0 Å². The molecule has 0 heterocycles. The smallest absolute Gasteiger partial charge is 0.331 e. The zero-order valence-electron chi connectivity index (χ0n) is 17.7. The number of carbonyl (C=O) groups is 2. The fraction of sp³-hybridized carbons (Fsp3) is 0.560. The lowest BCUT2D eigenvalue weighted by atomic mass is 9.52. The molecule has 0 aliphatic heterocycles. The van der Waals surface area contributed by atoms with Crippen molar-refractivity contribution >= 4 is 18.0 Å². The van der Waals surface area contributed by atoms with Crippen molar-refractivity contribution in [3.63, 3.8) is 0 Å². The van der Waals surface area contributed by atoms with Crippen LogP contribution in [0.1, 0.15) is 56.1 Å². The number of benzene rings is 1. The minimum Gasteiger partial charge on any atom is -0.452 e. The minimum absolute atomic E-state index is 0.132. The van der Waals surface area contributed by atoms with Gasteiger partial charge in [0.15, 0.2) is 6.61 Å². The van der Waals surface area contributed by atoms with Crippen LogP contribution in [0.2, 0.25) is 0 Å². The van der Waals surface area contributed by atoms with Crippen molar-refractivity contribution in [1.29, 1.82) is 5.26 Å². The lowest BCUT2D eigenvalue weighted by molar-refractivity contribution is -0.160. The Morgan fingerprint density at radius 1 is 1.13 bits per heavy atom. The van der Waals surface area contributed by atoms with Crippen LogP contribution in [0.25, 0.3) is 6.08 Å². The van der Waals surface area contributed by atoms with Crippen LogP contribution in [0, 0.1) is 36.0 Å². The summed E-state index contributed by atoms with van der Waals surface area (Å²) in [5, 5.41) is 9.11. The summed E-state index contributed by atoms with van der Waals surface area (Å²) in [6.45, 7) is 2.18. The van der Waals surface area contributed by atoms with Crippen LogP contribution >= 0.6 is 0 Å². The monoisotopic (exact) mass is 406 g/mol. The lowest BCUT2D eigenvalue weighted by Gasteiger charge is -2.60. The Hall–Kier alpha value is -2.61. The van der Waals surface area contributed by atoms with Crippen molar-refractivity contribution in [3.8, 4) is 6.07 Å². The predicted molar refractivity (Wildman–Crippen MR) is 114 cm³/mol. The van der Waals surface area contributed by atoms with Crippen LogP contribution in [0.3, 0.4) is 0 Å². The summed E-state index contributed by atoms with van der Waals surface area (Å²) in [6.07, 6.45) is 10.4. The molecule has 0 spiro atoms. The van der Waals surface area contributed by atoms with E-state index in [4.69, 9.17) is 10.00 Å². The largest absolute Gasteiger partial charge is 0.452 e. The van der Waals surface area contributed by atoms with Crippen LogP contribution in [-0.2, 0) is 14.3 Å². The van der Waals surface area contributed by atoms with Crippen LogP contribution < -0.4 is 0 Å². The molecule has 158 valence electrons. The molecule has 0 unspecified atom stereocenters. The van der Waals surface area contributed by atoms with Gasteiger partial charge in [-0.3, -0.25) is 4.79 Å². The zero-order valence-corrected chi connectivity index (χ0v) is 17.7. The SMILES string of the molecule is Cc1ccc(/C=C/C(=O)OCC(=O)N(CCC#N)C23CC4CC(CC(C4)C2)C3)cc1. The number of rotatable bonds is 7. The Bertz CT molecular complexity index is 830. The summed E-state index contributed by atoms with van der Waals surface area (Å²) in [7, 11) is 0. The molecule has 4 aliphatic carbocycles. The highest BCUT2D eigenvalue weighted by Crippen LogP contribution is 2.57. The second-order valence-electron chi connectivity index (χ2n) is 9.45. The van der Waals surface area contributed by atoms with Crippen LogP contribution in [0.15, 0.2) is 30.3 Å². The summed E-state index contributed by atoms with van der Waals surface area (Å²) in [5.41, 5.74) is 1.93. The molecular formula is C25H30N2O3. The maximum atomic E-state index is 13.1. The van der Waals surface area contributed by atoms with Crippen molar-refractivity contribution in [2.45, 2.75) is 57.4 Å². The molecule has 1 aromatic carbocycles. The lowest BCUT2D eigenvalue weighted by Crippen LogP contribution is -2.62. The third kappa shape index (κ3) is 4.43. The molecule has 0 aromatic heterocycles. The van der Waals surface area contributed by atoms with E-state index in [-0.39, 0.29) is 18.1 Å². The Kier molecular flexibility index (Phi) is 5.94. The van der Waals surface area contributed by atoms with Crippen molar-refractivity contribution in [2.75, 3.05) is 13.2 Å². The molecule has 1 aromatic rings. The van der Waals surface area contributed by atoms with Crippen LogP contribution in [0.5, 0.6) is 0 Å². The van der Waals surface area contributed by atoms with Gasteiger partial charge in [-0.1, -0.05) is 29.8 Å². The van der Waals surface area contributed by atoms with Gasteiger partial charge in [0.25, 0.3) is 5.91 Å². The normalized spacial score (nSPS) is 29.0. The molecule has 0 radical (unpaired) electrons. The van der Waals surface area contributed by atoms with Crippen LogP contribution in [-0.4, -0.2) is 35.5 Å². The molecule has 4 aliphatic rings. The Balaban J connectivity index is 1.38. The fourth-order valence-electron chi connectivity index (χ4n) is 6.28. The summed E-state index contributed by atoms with van der Waals surface area (Å²) in [6, 6.07) is 10.0. The second kappa shape index (κ2) is 8.63. The number of esters is 1. The van der Waals surface area contributed by atoms with Gasteiger partial charge in [0.05, 0.1) is 12.5 Å². The van der Waals surface area contributed by atoms with Crippen molar-refractivity contribution in [1.82, 2.24) is 4.90 Å². The molecule has 4 saturated carbocycles. The van der Waals surface area contributed by atoms with Crippen LogP contribution in [0.4, 0.5) is 0 Å². The highest BCUT2D eigenvalue weighted by Gasteiger charge is 2.54. The van der Waals surface area contributed by atoms with Gasteiger partial charge in [-0.25, -0.2) is 4.79 Å². The van der Waals surface area contributed by atoms with Gasteiger partial charge in [-0.15, -0.1) is 0 Å². The molecule has 5 nitrogen and oxygen atoms in total. The molecule has 5 rings (SSSR count). The van der Waals surface area contributed by atoms with E-state index in [0.29, 0.717) is 30.7 Å². The first kappa shape index (κ1) is 20.7. The quantitative estimate of drug-likeness (QED) is 0.501. The van der Waals surface area contributed by atoms with Crippen molar-refractivity contribution in [2.24, 2.45) is 17.8 Å². The first-order chi connectivity index (χ1) is 14.5. The number of aryl methyl sites for hydroxylation is 1. The highest BCUT2D eigenvalue weighted by atomic mass is 16.5. The molecule has 5 heteroatoms. The Morgan fingerprint density at radius 3 is 2.30 bits per heavy atom. The Labute approximate surface area is 178 Å². The average Bonchev–Trinajstić information content (AvgIpc) is 2.71. The average molecular weight is 407 g/mol. The zero-order chi connectivity index (χ0) is 21.1. The summed E-state index contributed by atoms with van der Waals surface area (Å²) in [5.74, 6) is 1.43. The van der Waals surface area contributed by atoms with Crippen molar-refractivity contribution < 1.29 is 14.3 Å².